The highest BCUT2D eigenvalue weighted by Gasteiger charge is 2.54. The van der Waals surface area contributed by atoms with Crippen LogP contribution in [-0.4, -0.2) is 43.5 Å². The van der Waals surface area contributed by atoms with E-state index >= 15 is 0 Å². The number of amides is 2. The molecule has 2 aromatic rings. The Morgan fingerprint density at radius 2 is 1.97 bits per heavy atom. The zero-order valence-corrected chi connectivity index (χ0v) is 17.9. The SMILES string of the molecule is COc1ccc(CNC(=O)[C@@]2(c3ccccc3Cl)C[C@@H]3CCC(=O)N3C2)cc1OC. The molecule has 0 bridgehead atoms. The van der Waals surface area contributed by atoms with Crippen LogP contribution in [0.4, 0.5) is 0 Å². The summed E-state index contributed by atoms with van der Waals surface area (Å²) in [5.74, 6) is 1.24. The smallest absolute Gasteiger partial charge is 0.232 e. The van der Waals surface area contributed by atoms with Gasteiger partial charge in [0.25, 0.3) is 0 Å². The average molecular weight is 429 g/mol. The minimum atomic E-state index is -0.852. The second-order valence-electron chi connectivity index (χ2n) is 7.85. The molecule has 0 unspecified atom stereocenters. The number of ether oxygens (including phenoxy) is 2. The van der Waals surface area contributed by atoms with Gasteiger partial charge in [-0.1, -0.05) is 35.9 Å². The van der Waals surface area contributed by atoms with Crippen molar-refractivity contribution in [2.45, 2.75) is 37.3 Å². The summed E-state index contributed by atoms with van der Waals surface area (Å²) in [5.41, 5.74) is 0.818. The monoisotopic (exact) mass is 428 g/mol. The molecule has 2 atom stereocenters. The van der Waals surface area contributed by atoms with Crippen LogP contribution in [0.25, 0.3) is 0 Å². The molecule has 2 saturated heterocycles. The highest BCUT2D eigenvalue weighted by Crippen LogP contribution is 2.45. The maximum absolute atomic E-state index is 13.5. The van der Waals surface area contributed by atoms with E-state index in [4.69, 9.17) is 21.1 Å². The van der Waals surface area contributed by atoms with Crippen molar-refractivity contribution in [1.82, 2.24) is 10.2 Å². The van der Waals surface area contributed by atoms with Gasteiger partial charge in [0.15, 0.2) is 11.5 Å². The predicted octanol–water partition coefficient (Wildman–Crippen LogP) is 3.31. The summed E-state index contributed by atoms with van der Waals surface area (Å²) >= 11 is 6.51. The van der Waals surface area contributed by atoms with Crippen molar-refractivity contribution in [3.05, 3.63) is 58.6 Å². The second-order valence-corrected chi connectivity index (χ2v) is 8.26. The Balaban J connectivity index is 1.60. The number of nitrogens with one attached hydrogen (secondary N) is 1. The number of nitrogens with zero attached hydrogens (tertiary/aromatic N) is 1. The van der Waals surface area contributed by atoms with Crippen molar-refractivity contribution < 1.29 is 19.1 Å². The number of carbonyl (C=O) groups is 2. The van der Waals surface area contributed by atoms with Crippen LogP contribution in [0, 0.1) is 0 Å². The molecule has 2 heterocycles. The molecule has 6 nitrogen and oxygen atoms in total. The molecule has 30 heavy (non-hydrogen) atoms. The molecule has 2 fully saturated rings. The van der Waals surface area contributed by atoms with Crippen LogP contribution in [-0.2, 0) is 21.5 Å². The Morgan fingerprint density at radius 1 is 1.20 bits per heavy atom. The molecule has 0 radical (unpaired) electrons. The summed E-state index contributed by atoms with van der Waals surface area (Å²) in [6, 6.07) is 13.1. The lowest BCUT2D eigenvalue weighted by atomic mass is 9.76. The van der Waals surface area contributed by atoms with Crippen molar-refractivity contribution in [3.8, 4) is 11.5 Å². The molecular formula is C23H25ClN2O4. The predicted molar refractivity (Wildman–Crippen MR) is 114 cm³/mol. The number of carbonyl (C=O) groups excluding carboxylic acids is 2. The number of fused-ring (bicyclic) bond motifs is 1. The third-order valence-corrected chi connectivity index (χ3v) is 6.53. The second kappa shape index (κ2) is 8.19. The lowest BCUT2D eigenvalue weighted by Gasteiger charge is -2.29. The fourth-order valence-electron chi connectivity index (χ4n) is 4.65. The molecule has 4 rings (SSSR count). The standard InChI is InChI=1S/C23H25ClN2O4/c1-29-19-9-7-15(11-20(19)30-2)13-25-22(28)23(17-5-3-4-6-18(17)24)12-16-8-10-21(27)26(16)14-23/h3-7,9,11,16H,8,10,12-14H2,1-2H3,(H,25,28)/t16-,23-/m0/s1. The van der Waals surface area contributed by atoms with E-state index < -0.39 is 5.41 Å². The lowest BCUT2D eigenvalue weighted by Crippen LogP contribution is -2.47. The van der Waals surface area contributed by atoms with E-state index in [2.05, 4.69) is 5.32 Å². The molecule has 0 spiro atoms. The zero-order chi connectivity index (χ0) is 21.3. The Labute approximate surface area is 181 Å². The van der Waals surface area contributed by atoms with Gasteiger partial charge in [0.2, 0.25) is 11.8 Å². The van der Waals surface area contributed by atoms with Crippen molar-refractivity contribution in [3.63, 3.8) is 0 Å². The summed E-state index contributed by atoms with van der Waals surface area (Å²) in [6.45, 7) is 0.696. The topological polar surface area (TPSA) is 67.9 Å². The average Bonchev–Trinajstić information content (AvgIpc) is 3.31. The molecule has 2 amide bonds. The molecule has 0 aliphatic carbocycles. The number of methoxy groups -OCH3 is 2. The van der Waals surface area contributed by atoms with Crippen LogP contribution >= 0.6 is 11.6 Å². The first-order valence-corrected chi connectivity index (χ1v) is 10.4. The van der Waals surface area contributed by atoms with E-state index in [1.807, 2.05) is 41.3 Å². The van der Waals surface area contributed by atoms with Gasteiger partial charge < -0.3 is 19.7 Å². The summed E-state index contributed by atoms with van der Waals surface area (Å²) in [5, 5.41) is 3.62. The van der Waals surface area contributed by atoms with E-state index in [-0.39, 0.29) is 17.9 Å². The number of hydrogen-bond donors (Lipinski definition) is 1. The van der Waals surface area contributed by atoms with Gasteiger partial charge in [0.1, 0.15) is 0 Å². The summed E-state index contributed by atoms with van der Waals surface area (Å²) in [7, 11) is 3.16. The van der Waals surface area contributed by atoms with Gasteiger partial charge >= 0.3 is 0 Å². The third kappa shape index (κ3) is 3.49. The van der Waals surface area contributed by atoms with Gasteiger partial charge in [0, 0.05) is 30.6 Å². The fraction of sp³-hybridized carbons (Fsp3) is 0.391. The maximum Gasteiger partial charge on any atom is 0.232 e. The number of rotatable bonds is 6. The molecule has 1 N–H and O–H groups in total. The van der Waals surface area contributed by atoms with E-state index in [1.54, 1.807) is 20.3 Å². The van der Waals surface area contributed by atoms with Crippen molar-refractivity contribution in [2.24, 2.45) is 0 Å². The van der Waals surface area contributed by atoms with Crippen molar-refractivity contribution in [1.29, 1.82) is 0 Å². The fourth-order valence-corrected chi connectivity index (χ4v) is 4.97. The minimum absolute atomic E-state index is 0.0839. The summed E-state index contributed by atoms with van der Waals surface area (Å²) < 4.78 is 10.6. The first kappa shape index (κ1) is 20.5. The molecule has 7 heteroatoms. The minimum Gasteiger partial charge on any atom is -0.493 e. The first-order chi connectivity index (χ1) is 14.5. The van der Waals surface area contributed by atoms with E-state index in [0.717, 1.165) is 17.5 Å². The maximum atomic E-state index is 13.5. The highest BCUT2D eigenvalue weighted by molar-refractivity contribution is 6.31. The normalized spacial score (nSPS) is 22.7. The van der Waals surface area contributed by atoms with Crippen LogP contribution in [0.3, 0.4) is 0 Å². The Morgan fingerprint density at radius 3 is 2.67 bits per heavy atom. The molecular weight excluding hydrogens is 404 g/mol. The molecule has 0 saturated carbocycles. The van der Waals surface area contributed by atoms with E-state index in [9.17, 15) is 9.59 Å². The summed E-state index contributed by atoms with van der Waals surface area (Å²) in [4.78, 5) is 27.7. The lowest BCUT2D eigenvalue weighted by molar-refractivity contribution is -0.129. The van der Waals surface area contributed by atoms with Crippen LogP contribution < -0.4 is 14.8 Å². The summed E-state index contributed by atoms with van der Waals surface area (Å²) in [6.07, 6.45) is 1.92. The van der Waals surface area contributed by atoms with E-state index in [0.29, 0.717) is 42.5 Å². The van der Waals surface area contributed by atoms with E-state index in [1.165, 1.54) is 0 Å². The first-order valence-electron chi connectivity index (χ1n) is 10.0. The molecule has 2 aromatic carbocycles. The quantitative estimate of drug-likeness (QED) is 0.766. The number of hydrogen-bond acceptors (Lipinski definition) is 4. The van der Waals surface area contributed by atoms with Gasteiger partial charge in [-0.15, -0.1) is 0 Å². The van der Waals surface area contributed by atoms with Gasteiger partial charge in [-0.25, -0.2) is 0 Å². The molecule has 0 aromatic heterocycles. The van der Waals surface area contributed by atoms with Crippen molar-refractivity contribution >= 4 is 23.4 Å². The largest absolute Gasteiger partial charge is 0.493 e. The van der Waals surface area contributed by atoms with Crippen LogP contribution in [0.1, 0.15) is 30.4 Å². The Bertz CT molecular complexity index is 979. The van der Waals surface area contributed by atoms with Gasteiger partial charge in [-0.3, -0.25) is 9.59 Å². The van der Waals surface area contributed by atoms with Gasteiger partial charge in [-0.05, 0) is 42.2 Å². The molecule has 158 valence electrons. The van der Waals surface area contributed by atoms with Gasteiger partial charge in [-0.2, -0.15) is 0 Å². The van der Waals surface area contributed by atoms with Crippen LogP contribution in [0.5, 0.6) is 11.5 Å². The Hall–Kier alpha value is -2.73. The number of benzene rings is 2. The highest BCUT2D eigenvalue weighted by atomic mass is 35.5. The molecule has 2 aliphatic heterocycles. The van der Waals surface area contributed by atoms with Crippen molar-refractivity contribution in [2.75, 3.05) is 20.8 Å². The molecule has 2 aliphatic rings. The van der Waals surface area contributed by atoms with Gasteiger partial charge in [0.05, 0.1) is 19.6 Å². The van der Waals surface area contributed by atoms with Crippen LogP contribution in [0.2, 0.25) is 5.02 Å². The zero-order valence-electron chi connectivity index (χ0n) is 17.1. The van der Waals surface area contributed by atoms with Crippen LogP contribution in [0.15, 0.2) is 42.5 Å². The third-order valence-electron chi connectivity index (χ3n) is 6.20. The Kier molecular flexibility index (Phi) is 5.60. The number of halogens is 1.